The van der Waals surface area contributed by atoms with Crippen molar-refractivity contribution in [3.63, 3.8) is 0 Å². The number of para-hydroxylation sites is 1. The molecule has 0 unspecified atom stereocenters. The zero-order valence-electron chi connectivity index (χ0n) is 29.3. The predicted octanol–water partition coefficient (Wildman–Crippen LogP) is 8.58. The molecule has 6 nitrogen and oxygen atoms in total. The van der Waals surface area contributed by atoms with Gasteiger partial charge in [-0.05, 0) is 88.3 Å². The van der Waals surface area contributed by atoms with Crippen LogP contribution in [-0.4, -0.2) is 31.3 Å². The number of aromatic hydroxyl groups is 1. The second-order valence-corrected chi connectivity index (χ2v) is 13.9. The summed E-state index contributed by atoms with van der Waals surface area (Å²) in [6.45, 7) is 8.69. The first-order valence-electron chi connectivity index (χ1n) is 17.6. The largest absolute Gasteiger partial charge is 0.507 e. The molecule has 5 heterocycles. The number of hydrogen-bond acceptors (Lipinski definition) is 5. The summed E-state index contributed by atoms with van der Waals surface area (Å²) in [4.78, 5) is 12.4. The normalized spacial score (nSPS) is 13.9. The topological polar surface area (TPSA) is 63.4 Å². The standard InChI is InChI=1S/C44H36BN4O2.Pt/c1-27(2)34-23-31(29-13-6-5-7-14-29)24-35(28(3)4)42(34)48-38-26-32-15-12-19-41-49(32)45(43(38)47-44(48)33-16-8-9-18-39(33)50)36-25-30(20-21-40(36)51-41)37-17-10-11-22-46-37;/h5-24,26-28,50H,1-4H3;/q-1;. The molecule has 9 rings (SSSR count). The third-order valence-corrected chi connectivity index (χ3v) is 10.0. The SMILES string of the molecule is CC(C)c1cc(-c2ccccc2)cc(C(C)C)c1-n1c(-c2ccccc2O)nc2c1C=C1C=CC=C3Oc4ccc(-c5ccccn5)[c-]c4B2N13.[Pt]. The zero-order chi connectivity index (χ0) is 34.8. The van der Waals surface area contributed by atoms with Crippen molar-refractivity contribution in [1.82, 2.24) is 19.3 Å². The van der Waals surface area contributed by atoms with Crippen LogP contribution in [0.3, 0.4) is 0 Å². The van der Waals surface area contributed by atoms with Crippen molar-refractivity contribution >= 4 is 24.0 Å². The number of benzene rings is 4. The van der Waals surface area contributed by atoms with Gasteiger partial charge in [0.05, 0.1) is 22.5 Å². The maximum absolute atomic E-state index is 11.4. The van der Waals surface area contributed by atoms with E-state index in [1.54, 1.807) is 12.3 Å². The fraction of sp³-hybridized carbons (Fsp3) is 0.136. The summed E-state index contributed by atoms with van der Waals surface area (Å²) in [6, 6.07) is 36.4. The number of imidazole rings is 1. The number of fused-ring (bicyclic) bond motifs is 4. The molecule has 0 fully saturated rings. The fourth-order valence-electron chi connectivity index (χ4n) is 7.57. The summed E-state index contributed by atoms with van der Waals surface area (Å²) < 4.78 is 8.83. The Bertz CT molecular complexity index is 2400. The molecule has 1 N–H and O–H groups in total. The summed E-state index contributed by atoms with van der Waals surface area (Å²) in [6.07, 6.45) is 10.2. The molecule has 0 spiro atoms. The number of phenols is 1. The fourth-order valence-corrected chi connectivity index (χ4v) is 7.57. The number of nitrogens with zero attached hydrogens (tertiary/aromatic N) is 4. The van der Waals surface area contributed by atoms with Crippen molar-refractivity contribution in [2.75, 3.05) is 0 Å². The zero-order valence-corrected chi connectivity index (χ0v) is 31.6. The van der Waals surface area contributed by atoms with Crippen LogP contribution in [0.4, 0.5) is 0 Å². The van der Waals surface area contributed by atoms with Crippen LogP contribution < -0.4 is 15.8 Å². The molecule has 258 valence electrons. The predicted molar refractivity (Wildman–Crippen MR) is 205 cm³/mol. The van der Waals surface area contributed by atoms with Gasteiger partial charge in [0.15, 0.2) is 5.88 Å². The molecule has 8 heteroatoms. The Balaban J connectivity index is 0.00000387. The molecule has 0 aliphatic carbocycles. The van der Waals surface area contributed by atoms with Crippen molar-refractivity contribution in [1.29, 1.82) is 0 Å². The van der Waals surface area contributed by atoms with Crippen molar-refractivity contribution < 1.29 is 30.9 Å². The average Bonchev–Trinajstić information content (AvgIpc) is 3.53. The average molecular weight is 859 g/mol. The van der Waals surface area contributed by atoms with E-state index >= 15 is 0 Å². The Hall–Kier alpha value is -5.39. The quantitative estimate of drug-likeness (QED) is 0.134. The van der Waals surface area contributed by atoms with Gasteiger partial charge in [0.2, 0.25) is 0 Å². The second kappa shape index (κ2) is 13.3. The van der Waals surface area contributed by atoms with Crippen LogP contribution in [0, 0.1) is 6.07 Å². The monoisotopic (exact) mass is 858 g/mol. The smallest absolute Gasteiger partial charge is 0.338 e. The molecule has 52 heavy (non-hydrogen) atoms. The van der Waals surface area contributed by atoms with Crippen LogP contribution in [0.25, 0.3) is 45.5 Å². The van der Waals surface area contributed by atoms with Gasteiger partial charge in [-0.15, -0.1) is 23.8 Å². The summed E-state index contributed by atoms with van der Waals surface area (Å²) in [5.41, 5.74) is 12.0. The van der Waals surface area contributed by atoms with Gasteiger partial charge in [-0.2, -0.15) is 0 Å². The van der Waals surface area contributed by atoms with E-state index in [-0.39, 0.29) is 45.5 Å². The summed E-state index contributed by atoms with van der Waals surface area (Å²) in [5.74, 6) is 2.75. The van der Waals surface area contributed by atoms with E-state index in [9.17, 15) is 5.11 Å². The number of pyridine rings is 1. The van der Waals surface area contributed by atoms with Gasteiger partial charge in [-0.1, -0.05) is 93.8 Å². The van der Waals surface area contributed by atoms with Gasteiger partial charge in [-0.3, -0.25) is 4.57 Å². The molecular weight excluding hydrogens is 822 g/mol. The molecule has 0 radical (unpaired) electrons. The Labute approximate surface area is 319 Å². The maximum atomic E-state index is 11.4. The van der Waals surface area contributed by atoms with E-state index in [4.69, 9.17) is 9.72 Å². The van der Waals surface area contributed by atoms with Gasteiger partial charge in [-0.25, -0.2) is 4.98 Å². The maximum Gasteiger partial charge on any atom is 0.338 e. The number of hydrogen-bond donors (Lipinski definition) is 1. The van der Waals surface area contributed by atoms with Crippen LogP contribution >= 0.6 is 0 Å². The van der Waals surface area contributed by atoms with E-state index in [1.807, 2.05) is 60.7 Å². The third kappa shape index (κ3) is 5.46. The minimum absolute atomic E-state index is 0. The van der Waals surface area contributed by atoms with Crippen molar-refractivity contribution in [2.45, 2.75) is 39.5 Å². The number of rotatable bonds is 6. The molecule has 0 saturated carbocycles. The molecule has 0 saturated heterocycles. The Morgan fingerprint density at radius 1 is 0.827 bits per heavy atom. The summed E-state index contributed by atoms with van der Waals surface area (Å²) >= 11 is 0. The van der Waals surface area contributed by atoms with Gasteiger partial charge < -0.3 is 19.6 Å². The van der Waals surface area contributed by atoms with Crippen molar-refractivity contribution in [3.8, 4) is 51.0 Å². The molecule has 0 atom stereocenters. The minimum Gasteiger partial charge on any atom is -0.507 e. The van der Waals surface area contributed by atoms with Crippen molar-refractivity contribution in [2.24, 2.45) is 0 Å². The number of phenolic OH excluding ortho intramolecular Hbond substituents is 1. The Morgan fingerprint density at radius 3 is 2.27 bits per heavy atom. The van der Waals surface area contributed by atoms with Crippen LogP contribution in [-0.2, 0) is 21.1 Å². The molecule has 0 bridgehead atoms. The van der Waals surface area contributed by atoms with Crippen LogP contribution in [0.15, 0.2) is 133 Å². The first-order chi connectivity index (χ1) is 24.9. The number of ether oxygens (including phenoxy) is 1. The van der Waals surface area contributed by atoms with Crippen molar-refractivity contribution in [3.05, 3.63) is 156 Å². The first-order valence-corrected chi connectivity index (χ1v) is 17.6. The Morgan fingerprint density at radius 2 is 1.56 bits per heavy atom. The van der Waals surface area contributed by atoms with Crippen LogP contribution in [0.1, 0.15) is 56.4 Å². The van der Waals surface area contributed by atoms with Crippen LogP contribution in [0.5, 0.6) is 11.5 Å². The molecule has 3 aliphatic rings. The summed E-state index contributed by atoms with van der Waals surface area (Å²) in [7, 11) is 0. The van der Waals surface area contributed by atoms with Crippen LogP contribution in [0.2, 0.25) is 0 Å². The molecule has 4 aromatic carbocycles. The second-order valence-electron chi connectivity index (χ2n) is 13.9. The molecular formula is C44H36BN4O2Pt-. The number of aromatic nitrogens is 3. The molecule has 2 aromatic heterocycles. The van der Waals surface area contributed by atoms with Gasteiger partial charge >= 0.3 is 6.85 Å². The van der Waals surface area contributed by atoms with E-state index in [2.05, 4.69) is 103 Å². The summed E-state index contributed by atoms with van der Waals surface area (Å²) in [5, 5.41) is 11.4. The molecule has 0 amide bonds. The first kappa shape index (κ1) is 33.7. The number of allylic oxidation sites excluding steroid dienone is 3. The Kier molecular flexibility index (Phi) is 8.63. The van der Waals surface area contributed by atoms with E-state index in [1.165, 1.54) is 22.3 Å². The van der Waals surface area contributed by atoms with Gasteiger partial charge in [0.25, 0.3) is 0 Å². The van der Waals surface area contributed by atoms with E-state index < -0.39 is 0 Å². The van der Waals surface area contributed by atoms with Gasteiger partial charge in [0, 0.05) is 38.7 Å². The van der Waals surface area contributed by atoms with E-state index in [0.29, 0.717) is 11.4 Å². The van der Waals surface area contributed by atoms with Gasteiger partial charge in [0.1, 0.15) is 11.6 Å². The molecule has 6 aromatic rings. The van der Waals surface area contributed by atoms with E-state index in [0.717, 1.165) is 51.0 Å². The third-order valence-electron chi connectivity index (χ3n) is 10.0. The minimum atomic E-state index is -0.331. The molecule has 3 aliphatic heterocycles.